The highest BCUT2D eigenvalue weighted by Gasteiger charge is 2.19. The highest BCUT2D eigenvalue weighted by Crippen LogP contribution is 1.97. The highest BCUT2D eigenvalue weighted by molar-refractivity contribution is 7.91. The van der Waals surface area contributed by atoms with Gasteiger partial charge >= 0.3 is 5.97 Å². The average molecular weight is 237 g/mol. The molecule has 0 aromatic heterocycles. The van der Waals surface area contributed by atoms with Crippen LogP contribution in [0.3, 0.4) is 0 Å². The molecule has 0 aromatic rings. The minimum Gasteiger partial charge on any atom is -0.468 e. The summed E-state index contributed by atoms with van der Waals surface area (Å²) in [5.41, 5.74) is 0. The van der Waals surface area contributed by atoms with Crippen molar-refractivity contribution >= 4 is 15.8 Å². The molecule has 6 heteroatoms. The molecule has 0 radical (unpaired) electrons. The molecule has 0 rings (SSSR count). The zero-order valence-corrected chi connectivity index (χ0v) is 10.4. The van der Waals surface area contributed by atoms with Crippen LogP contribution < -0.4 is 5.32 Å². The monoisotopic (exact) mass is 237 g/mol. The van der Waals surface area contributed by atoms with E-state index in [0.29, 0.717) is 0 Å². The Morgan fingerprint density at radius 1 is 1.40 bits per heavy atom. The molecule has 0 amide bonds. The normalized spacial score (nSPS) is 15.7. The minimum atomic E-state index is -3.01. The van der Waals surface area contributed by atoms with E-state index >= 15 is 0 Å². The third-order valence-electron chi connectivity index (χ3n) is 2.03. The molecule has 90 valence electrons. The maximum atomic E-state index is 11.3. The molecule has 0 aliphatic rings. The summed E-state index contributed by atoms with van der Waals surface area (Å²) in [6.45, 7) is 4.97. The van der Waals surface area contributed by atoms with E-state index in [-0.39, 0.29) is 17.5 Å². The van der Waals surface area contributed by atoms with Crippen molar-refractivity contribution in [2.45, 2.75) is 32.9 Å². The topological polar surface area (TPSA) is 72.5 Å². The number of rotatable bonds is 6. The largest absolute Gasteiger partial charge is 0.468 e. The van der Waals surface area contributed by atoms with Crippen LogP contribution in [0, 0.1) is 0 Å². The lowest BCUT2D eigenvalue weighted by atomic mass is 10.3. The summed E-state index contributed by atoms with van der Waals surface area (Å²) in [5.74, 6) is -0.244. The number of nitrogens with one attached hydrogen (secondary N) is 1. The second kappa shape index (κ2) is 6.07. The van der Waals surface area contributed by atoms with Crippen LogP contribution in [-0.4, -0.2) is 45.1 Å². The summed E-state index contributed by atoms with van der Waals surface area (Å²) in [6.07, 6.45) is 0. The van der Waals surface area contributed by atoms with Crippen molar-refractivity contribution < 1.29 is 17.9 Å². The van der Waals surface area contributed by atoms with Gasteiger partial charge in [-0.15, -0.1) is 0 Å². The van der Waals surface area contributed by atoms with E-state index in [0.717, 1.165) is 0 Å². The molecule has 0 aliphatic carbocycles. The van der Waals surface area contributed by atoms with Gasteiger partial charge < -0.3 is 10.1 Å². The number of sulfone groups is 1. The van der Waals surface area contributed by atoms with Crippen LogP contribution in [0.5, 0.6) is 0 Å². The Kier molecular flexibility index (Phi) is 5.82. The summed E-state index contributed by atoms with van der Waals surface area (Å²) in [7, 11) is -1.71. The summed E-state index contributed by atoms with van der Waals surface area (Å²) >= 11 is 0. The molecule has 15 heavy (non-hydrogen) atoms. The van der Waals surface area contributed by atoms with Gasteiger partial charge in [0.25, 0.3) is 0 Å². The quantitative estimate of drug-likeness (QED) is 0.656. The number of ether oxygens (including phenoxy) is 1. The lowest BCUT2D eigenvalue weighted by Crippen LogP contribution is -2.43. The van der Waals surface area contributed by atoms with Crippen LogP contribution in [0.1, 0.15) is 20.8 Å². The predicted molar refractivity (Wildman–Crippen MR) is 58.4 cm³/mol. The number of carbonyl (C=O) groups excluding carboxylic acids is 1. The van der Waals surface area contributed by atoms with E-state index in [9.17, 15) is 13.2 Å². The van der Waals surface area contributed by atoms with Crippen molar-refractivity contribution in [3.63, 3.8) is 0 Å². The number of methoxy groups -OCH3 is 1. The summed E-state index contributed by atoms with van der Waals surface area (Å²) in [4.78, 5) is 11.0. The molecule has 0 aliphatic heterocycles. The van der Waals surface area contributed by atoms with Gasteiger partial charge in [-0.05, 0) is 13.8 Å². The van der Waals surface area contributed by atoms with Gasteiger partial charge in [0.2, 0.25) is 0 Å². The van der Waals surface area contributed by atoms with E-state index in [1.807, 2.05) is 0 Å². The molecule has 0 spiro atoms. The van der Waals surface area contributed by atoms with Gasteiger partial charge in [-0.3, -0.25) is 4.79 Å². The Bertz CT molecular complexity index is 299. The first-order valence-electron chi connectivity index (χ1n) is 4.86. The molecule has 0 saturated heterocycles. The summed E-state index contributed by atoms with van der Waals surface area (Å²) in [6, 6.07) is -0.749. The van der Waals surface area contributed by atoms with Gasteiger partial charge in [0.05, 0.1) is 12.9 Å². The zero-order valence-electron chi connectivity index (χ0n) is 9.61. The van der Waals surface area contributed by atoms with E-state index in [4.69, 9.17) is 0 Å². The number of hydrogen-bond acceptors (Lipinski definition) is 5. The first kappa shape index (κ1) is 14.4. The van der Waals surface area contributed by atoms with Crippen molar-refractivity contribution in [1.82, 2.24) is 5.32 Å². The van der Waals surface area contributed by atoms with E-state index in [1.54, 1.807) is 20.8 Å². The maximum Gasteiger partial charge on any atom is 0.322 e. The van der Waals surface area contributed by atoms with Crippen molar-refractivity contribution in [3.8, 4) is 0 Å². The standard InChI is InChI=1S/C9H19NO4S/c1-5-15(12,13)6-7(2)10-8(3)9(11)14-4/h7-8,10H,5-6H2,1-4H3. The SMILES string of the molecule is CCS(=O)(=O)CC(C)NC(C)C(=O)OC. The van der Waals surface area contributed by atoms with Crippen molar-refractivity contribution in [2.24, 2.45) is 0 Å². The molecule has 0 heterocycles. The lowest BCUT2D eigenvalue weighted by Gasteiger charge is -2.17. The summed E-state index contributed by atoms with van der Waals surface area (Å²) in [5, 5.41) is 2.87. The Labute approximate surface area is 91.1 Å². The fraction of sp³-hybridized carbons (Fsp3) is 0.889. The molecule has 2 atom stereocenters. The van der Waals surface area contributed by atoms with Crippen molar-refractivity contribution in [3.05, 3.63) is 0 Å². The van der Waals surface area contributed by atoms with Gasteiger partial charge in [-0.25, -0.2) is 8.42 Å². The first-order valence-corrected chi connectivity index (χ1v) is 6.68. The van der Waals surface area contributed by atoms with Crippen LogP contribution in [0.2, 0.25) is 0 Å². The van der Waals surface area contributed by atoms with Gasteiger partial charge in [-0.1, -0.05) is 6.92 Å². The fourth-order valence-electron chi connectivity index (χ4n) is 1.22. The third-order valence-corrected chi connectivity index (χ3v) is 3.92. The molecule has 0 aromatic carbocycles. The Morgan fingerprint density at radius 3 is 2.33 bits per heavy atom. The number of hydrogen-bond donors (Lipinski definition) is 1. The van der Waals surface area contributed by atoms with Crippen LogP contribution in [-0.2, 0) is 19.4 Å². The molecule has 2 unspecified atom stereocenters. The second-order valence-electron chi connectivity index (χ2n) is 3.51. The molecule has 5 nitrogen and oxygen atoms in total. The Hall–Kier alpha value is -0.620. The van der Waals surface area contributed by atoms with Crippen molar-refractivity contribution in [2.75, 3.05) is 18.6 Å². The maximum absolute atomic E-state index is 11.3. The lowest BCUT2D eigenvalue weighted by molar-refractivity contribution is -0.142. The number of esters is 1. The van der Waals surface area contributed by atoms with Crippen LogP contribution >= 0.6 is 0 Å². The Morgan fingerprint density at radius 2 is 1.93 bits per heavy atom. The predicted octanol–water partition coefficient (Wildman–Crippen LogP) is -0.0393. The van der Waals surface area contributed by atoms with E-state index < -0.39 is 21.8 Å². The fourth-order valence-corrected chi connectivity index (χ4v) is 2.31. The van der Waals surface area contributed by atoms with Gasteiger partial charge in [0.1, 0.15) is 6.04 Å². The summed E-state index contributed by atoms with van der Waals surface area (Å²) < 4.78 is 27.1. The first-order chi connectivity index (χ1) is 6.82. The van der Waals surface area contributed by atoms with E-state index in [1.165, 1.54) is 7.11 Å². The molecular formula is C9H19NO4S. The smallest absolute Gasteiger partial charge is 0.322 e. The second-order valence-corrected chi connectivity index (χ2v) is 5.91. The molecule has 0 fully saturated rings. The third kappa shape index (κ3) is 5.74. The Balaban J connectivity index is 4.15. The van der Waals surface area contributed by atoms with Crippen molar-refractivity contribution in [1.29, 1.82) is 0 Å². The van der Waals surface area contributed by atoms with Crippen LogP contribution in [0.25, 0.3) is 0 Å². The van der Waals surface area contributed by atoms with Crippen LogP contribution in [0.15, 0.2) is 0 Å². The van der Waals surface area contributed by atoms with Gasteiger partial charge in [0.15, 0.2) is 9.84 Å². The molecule has 0 saturated carbocycles. The van der Waals surface area contributed by atoms with Crippen LogP contribution in [0.4, 0.5) is 0 Å². The number of carbonyl (C=O) groups is 1. The zero-order chi connectivity index (χ0) is 12.1. The molecular weight excluding hydrogens is 218 g/mol. The highest BCUT2D eigenvalue weighted by atomic mass is 32.2. The average Bonchev–Trinajstić information content (AvgIpc) is 2.15. The minimum absolute atomic E-state index is 0.0326. The van der Waals surface area contributed by atoms with Gasteiger partial charge in [0, 0.05) is 11.8 Å². The van der Waals surface area contributed by atoms with E-state index in [2.05, 4.69) is 10.1 Å². The van der Waals surface area contributed by atoms with Gasteiger partial charge in [-0.2, -0.15) is 0 Å². The molecule has 0 bridgehead atoms. The molecule has 1 N–H and O–H groups in total.